The maximum absolute atomic E-state index is 13.3. The van der Waals surface area contributed by atoms with Gasteiger partial charge in [-0.2, -0.15) is 0 Å². The van der Waals surface area contributed by atoms with Crippen molar-refractivity contribution in [1.29, 1.82) is 0 Å². The van der Waals surface area contributed by atoms with Crippen LogP contribution in [0.3, 0.4) is 0 Å². The largest absolute Gasteiger partial charge is 0.480 e. The zero-order valence-electron chi connectivity index (χ0n) is 15.6. The number of aryl methyl sites for hydroxylation is 2. The standard InChI is InChI=1S/C21H15N3O4S/c1-10-7-13-15(8-11(10)2)24-20(28)18(29-21(24)22-13)17-12-5-3-4-6-14(12)23(19(17)27)9-16(25)26/h3-8H,9H2,1-2H3,(H,25,26)/b18-17-. The number of carboxylic acid groups (broad SMARTS) is 1. The normalized spacial score (nSPS) is 15.5. The minimum atomic E-state index is -1.12. The van der Waals surface area contributed by atoms with E-state index in [0.29, 0.717) is 21.7 Å². The maximum atomic E-state index is 13.3. The number of hydrogen-bond donors (Lipinski definition) is 1. The molecule has 0 bridgehead atoms. The molecular formula is C21H15N3O4S. The van der Waals surface area contributed by atoms with Gasteiger partial charge in [-0.25, -0.2) is 9.38 Å². The number of carbonyl (C=O) groups excluding carboxylic acids is 1. The minimum Gasteiger partial charge on any atom is -0.480 e. The molecule has 1 aliphatic heterocycles. The monoisotopic (exact) mass is 405 g/mol. The van der Waals surface area contributed by atoms with Crippen LogP contribution in [0.2, 0.25) is 0 Å². The second-order valence-corrected chi connectivity index (χ2v) is 8.05. The molecule has 29 heavy (non-hydrogen) atoms. The van der Waals surface area contributed by atoms with Gasteiger partial charge in [-0.1, -0.05) is 29.5 Å². The van der Waals surface area contributed by atoms with Gasteiger partial charge in [0, 0.05) is 5.56 Å². The van der Waals surface area contributed by atoms with Crippen LogP contribution in [0.15, 0.2) is 41.2 Å². The summed E-state index contributed by atoms with van der Waals surface area (Å²) < 4.78 is 1.81. The molecule has 1 N–H and O–H groups in total. The SMILES string of the molecule is Cc1cc2nc3s/c(=C4\C(=O)N(CC(=O)O)c5ccccc54)c(=O)n3c2cc1C. The smallest absolute Gasteiger partial charge is 0.323 e. The van der Waals surface area contributed by atoms with Crippen LogP contribution in [0, 0.1) is 13.8 Å². The molecule has 8 heteroatoms. The van der Waals surface area contributed by atoms with E-state index in [4.69, 9.17) is 0 Å². The van der Waals surface area contributed by atoms with Gasteiger partial charge >= 0.3 is 5.97 Å². The van der Waals surface area contributed by atoms with Crippen molar-refractivity contribution in [1.82, 2.24) is 9.38 Å². The maximum Gasteiger partial charge on any atom is 0.323 e. The summed E-state index contributed by atoms with van der Waals surface area (Å²) in [5.74, 6) is -1.60. The number of amides is 1. The van der Waals surface area contributed by atoms with Gasteiger partial charge in [0.15, 0.2) is 4.96 Å². The molecule has 2 aromatic heterocycles. The highest BCUT2D eigenvalue weighted by Gasteiger charge is 2.35. The average molecular weight is 405 g/mol. The molecule has 0 radical (unpaired) electrons. The zero-order chi connectivity index (χ0) is 20.4. The number of carbonyl (C=O) groups is 2. The summed E-state index contributed by atoms with van der Waals surface area (Å²) in [5.41, 5.74) is 4.57. The van der Waals surface area contributed by atoms with Crippen molar-refractivity contribution < 1.29 is 14.7 Å². The summed E-state index contributed by atoms with van der Waals surface area (Å²) in [4.78, 5) is 43.9. The predicted molar refractivity (Wildman–Crippen MR) is 110 cm³/mol. The number of hydrogen-bond acceptors (Lipinski definition) is 5. The first-order valence-corrected chi connectivity index (χ1v) is 9.78. The Kier molecular flexibility index (Phi) is 3.63. The molecule has 0 spiro atoms. The highest BCUT2D eigenvalue weighted by molar-refractivity contribution is 7.15. The third kappa shape index (κ3) is 2.42. The van der Waals surface area contributed by atoms with Gasteiger partial charge in [0.1, 0.15) is 11.1 Å². The van der Waals surface area contributed by atoms with Gasteiger partial charge < -0.3 is 5.11 Å². The van der Waals surface area contributed by atoms with Crippen molar-refractivity contribution >= 4 is 50.5 Å². The summed E-state index contributed by atoms with van der Waals surface area (Å²) in [7, 11) is 0. The number of para-hydroxylation sites is 1. The summed E-state index contributed by atoms with van der Waals surface area (Å²) in [5, 5.41) is 9.20. The van der Waals surface area contributed by atoms with Crippen LogP contribution in [0.4, 0.5) is 5.69 Å². The van der Waals surface area contributed by atoms with Crippen LogP contribution in [0.25, 0.3) is 21.6 Å². The van der Waals surface area contributed by atoms with Crippen LogP contribution in [-0.4, -0.2) is 32.9 Å². The lowest BCUT2D eigenvalue weighted by atomic mass is 10.1. The molecule has 2 aromatic carbocycles. The molecule has 0 aliphatic carbocycles. The average Bonchev–Trinajstić information content (AvgIpc) is 3.26. The van der Waals surface area contributed by atoms with E-state index in [1.807, 2.05) is 26.0 Å². The van der Waals surface area contributed by atoms with Gasteiger partial charge in [-0.3, -0.25) is 19.3 Å². The topological polar surface area (TPSA) is 92.0 Å². The fourth-order valence-electron chi connectivity index (χ4n) is 3.76. The molecule has 4 aromatic rings. The van der Waals surface area contributed by atoms with Crippen LogP contribution in [0.5, 0.6) is 0 Å². The Morgan fingerprint density at radius 2 is 1.86 bits per heavy atom. The summed E-state index contributed by atoms with van der Waals surface area (Å²) in [6.07, 6.45) is 0. The van der Waals surface area contributed by atoms with E-state index in [2.05, 4.69) is 4.98 Å². The molecule has 0 saturated carbocycles. The fourth-order valence-corrected chi connectivity index (χ4v) is 4.84. The minimum absolute atomic E-state index is 0.235. The molecule has 144 valence electrons. The number of nitrogens with zero attached hydrogens (tertiary/aromatic N) is 3. The lowest BCUT2D eigenvalue weighted by Crippen LogP contribution is -2.35. The Balaban J connectivity index is 1.86. The van der Waals surface area contributed by atoms with Crippen molar-refractivity contribution in [2.24, 2.45) is 0 Å². The molecule has 0 fully saturated rings. The van der Waals surface area contributed by atoms with Gasteiger partial charge in [-0.05, 0) is 43.2 Å². The van der Waals surface area contributed by atoms with Crippen molar-refractivity contribution in [2.75, 3.05) is 11.4 Å². The van der Waals surface area contributed by atoms with E-state index in [-0.39, 0.29) is 15.7 Å². The quantitative estimate of drug-likeness (QED) is 0.550. The first-order chi connectivity index (χ1) is 13.9. The zero-order valence-corrected chi connectivity index (χ0v) is 16.4. The van der Waals surface area contributed by atoms with E-state index in [0.717, 1.165) is 28.0 Å². The highest BCUT2D eigenvalue weighted by Crippen LogP contribution is 2.35. The molecular weight excluding hydrogens is 390 g/mol. The van der Waals surface area contributed by atoms with Crippen LogP contribution < -0.4 is 15.0 Å². The molecule has 1 amide bonds. The van der Waals surface area contributed by atoms with Crippen LogP contribution >= 0.6 is 11.3 Å². The van der Waals surface area contributed by atoms with Crippen molar-refractivity contribution in [2.45, 2.75) is 13.8 Å². The first kappa shape index (κ1) is 17.6. The number of aromatic nitrogens is 2. The van der Waals surface area contributed by atoms with E-state index < -0.39 is 18.4 Å². The number of fused-ring (bicyclic) bond motifs is 4. The number of imidazole rings is 1. The molecule has 1 aliphatic rings. The molecule has 5 rings (SSSR count). The summed E-state index contributed by atoms with van der Waals surface area (Å²) >= 11 is 1.15. The van der Waals surface area contributed by atoms with Crippen molar-refractivity contribution in [3.05, 3.63) is 68.0 Å². The Labute approximate surface area is 168 Å². The van der Waals surface area contributed by atoms with Crippen molar-refractivity contribution in [3.63, 3.8) is 0 Å². The van der Waals surface area contributed by atoms with Crippen LogP contribution in [-0.2, 0) is 9.59 Å². The Hall–Kier alpha value is -3.52. The summed E-state index contributed by atoms with van der Waals surface area (Å²) in [6.45, 7) is 3.51. The molecule has 0 unspecified atom stereocenters. The predicted octanol–water partition coefficient (Wildman–Crippen LogP) is 1.88. The number of thiazole rings is 1. The highest BCUT2D eigenvalue weighted by atomic mass is 32.1. The second-order valence-electron chi connectivity index (χ2n) is 7.07. The van der Waals surface area contributed by atoms with E-state index in [1.54, 1.807) is 24.3 Å². The molecule has 0 atom stereocenters. The fraction of sp³-hybridized carbons (Fsp3) is 0.143. The third-order valence-electron chi connectivity index (χ3n) is 5.27. The Bertz CT molecular complexity index is 1480. The molecule has 0 saturated heterocycles. The van der Waals surface area contributed by atoms with Crippen molar-refractivity contribution in [3.8, 4) is 0 Å². The lowest BCUT2D eigenvalue weighted by Gasteiger charge is -2.13. The van der Waals surface area contributed by atoms with E-state index >= 15 is 0 Å². The number of carboxylic acids is 1. The van der Waals surface area contributed by atoms with Crippen LogP contribution in [0.1, 0.15) is 16.7 Å². The molecule has 3 heterocycles. The molecule has 7 nitrogen and oxygen atoms in total. The van der Waals surface area contributed by atoms with Gasteiger partial charge in [0.05, 0.1) is 22.3 Å². The van der Waals surface area contributed by atoms with Gasteiger partial charge in [-0.15, -0.1) is 0 Å². The summed E-state index contributed by atoms with van der Waals surface area (Å²) in [6, 6.07) is 10.8. The number of benzene rings is 2. The third-order valence-corrected chi connectivity index (χ3v) is 6.31. The van der Waals surface area contributed by atoms with E-state index in [9.17, 15) is 19.5 Å². The second kappa shape index (κ2) is 5.99. The Morgan fingerprint density at radius 1 is 1.14 bits per heavy atom. The number of anilines is 1. The first-order valence-electron chi connectivity index (χ1n) is 8.96. The van der Waals surface area contributed by atoms with E-state index in [1.165, 1.54) is 9.30 Å². The van der Waals surface area contributed by atoms with Gasteiger partial charge in [0.25, 0.3) is 11.5 Å². The van der Waals surface area contributed by atoms with Gasteiger partial charge in [0.2, 0.25) is 0 Å². The lowest BCUT2D eigenvalue weighted by molar-refractivity contribution is -0.136. The number of aliphatic carboxylic acids is 1. The number of rotatable bonds is 2. The Morgan fingerprint density at radius 3 is 2.62 bits per heavy atom.